The van der Waals surface area contributed by atoms with Crippen molar-refractivity contribution in [2.75, 3.05) is 20.0 Å². The lowest BCUT2D eigenvalue weighted by atomic mass is 9.86. The van der Waals surface area contributed by atoms with Crippen LogP contribution in [0.3, 0.4) is 0 Å². The van der Waals surface area contributed by atoms with Crippen LogP contribution in [-0.2, 0) is 6.54 Å². The second-order valence-electron chi connectivity index (χ2n) is 5.47. The van der Waals surface area contributed by atoms with Crippen LogP contribution in [0.15, 0.2) is 23.1 Å². The Balaban J connectivity index is 1.85. The van der Waals surface area contributed by atoms with Gasteiger partial charge in [-0.3, -0.25) is 0 Å². The van der Waals surface area contributed by atoms with E-state index in [0.29, 0.717) is 18.6 Å². The average molecular weight is 295 g/mol. The third kappa shape index (κ3) is 4.14. The number of aliphatic hydroxyl groups excluding tert-OH is 1. The predicted octanol–water partition coefficient (Wildman–Crippen LogP) is 3.06. The molecule has 1 aliphatic rings. The van der Waals surface area contributed by atoms with Crippen LogP contribution in [-0.4, -0.2) is 31.1 Å². The molecule has 0 radical (unpaired) electrons. The molecule has 0 aliphatic heterocycles. The Morgan fingerprint density at radius 2 is 2.05 bits per heavy atom. The minimum Gasteiger partial charge on any atom is -0.496 e. The van der Waals surface area contributed by atoms with Crippen LogP contribution < -0.4 is 10.1 Å². The van der Waals surface area contributed by atoms with Gasteiger partial charge in [0, 0.05) is 24.1 Å². The van der Waals surface area contributed by atoms with Crippen molar-refractivity contribution in [1.29, 1.82) is 0 Å². The van der Waals surface area contributed by atoms with Gasteiger partial charge in [0.15, 0.2) is 0 Å². The summed E-state index contributed by atoms with van der Waals surface area (Å²) in [4.78, 5) is 1.18. The van der Waals surface area contributed by atoms with Gasteiger partial charge < -0.3 is 15.2 Å². The highest BCUT2D eigenvalue weighted by atomic mass is 32.2. The van der Waals surface area contributed by atoms with Gasteiger partial charge in [-0.15, -0.1) is 11.8 Å². The number of ether oxygens (including phenoxy) is 1. The number of aliphatic hydroxyl groups is 1. The molecule has 0 spiro atoms. The van der Waals surface area contributed by atoms with Crippen LogP contribution in [0.1, 0.15) is 31.2 Å². The number of methoxy groups -OCH3 is 1. The minimum atomic E-state index is 0.347. The lowest BCUT2D eigenvalue weighted by Gasteiger charge is -2.28. The molecule has 112 valence electrons. The smallest absolute Gasteiger partial charge is 0.132 e. The van der Waals surface area contributed by atoms with Gasteiger partial charge in [0.05, 0.1) is 7.11 Å². The zero-order chi connectivity index (χ0) is 14.4. The Morgan fingerprint density at radius 3 is 2.65 bits per heavy atom. The molecule has 1 aromatic carbocycles. The summed E-state index contributed by atoms with van der Waals surface area (Å²) in [6.45, 7) is 1.24. The van der Waals surface area contributed by atoms with Crippen LogP contribution in [0.25, 0.3) is 0 Å². The van der Waals surface area contributed by atoms with Crippen molar-refractivity contribution in [3.05, 3.63) is 23.8 Å². The summed E-state index contributed by atoms with van der Waals surface area (Å²) >= 11 is 1.71. The molecular formula is C16H25NO2S. The highest BCUT2D eigenvalue weighted by molar-refractivity contribution is 7.98. The van der Waals surface area contributed by atoms with E-state index < -0.39 is 0 Å². The quantitative estimate of drug-likeness (QED) is 0.792. The molecule has 4 heteroatoms. The number of benzene rings is 1. The van der Waals surface area contributed by atoms with Gasteiger partial charge in [-0.2, -0.15) is 0 Å². The zero-order valence-corrected chi connectivity index (χ0v) is 13.2. The van der Waals surface area contributed by atoms with Crippen molar-refractivity contribution >= 4 is 11.8 Å². The Hall–Kier alpha value is -0.710. The zero-order valence-electron chi connectivity index (χ0n) is 12.4. The van der Waals surface area contributed by atoms with Crippen LogP contribution >= 0.6 is 11.8 Å². The lowest BCUT2D eigenvalue weighted by molar-refractivity contribution is 0.175. The molecule has 0 amide bonds. The molecule has 3 nitrogen and oxygen atoms in total. The van der Waals surface area contributed by atoms with Gasteiger partial charge in [-0.05, 0) is 55.6 Å². The maximum Gasteiger partial charge on any atom is 0.132 e. The maximum absolute atomic E-state index is 9.16. The second-order valence-corrected chi connectivity index (χ2v) is 6.32. The highest BCUT2D eigenvalue weighted by Gasteiger charge is 2.19. The van der Waals surface area contributed by atoms with E-state index in [1.165, 1.54) is 23.3 Å². The molecule has 0 bridgehead atoms. The number of hydrogen-bond donors (Lipinski definition) is 2. The maximum atomic E-state index is 9.16. The van der Waals surface area contributed by atoms with Gasteiger partial charge in [0.2, 0.25) is 0 Å². The first-order valence-electron chi connectivity index (χ1n) is 7.32. The molecule has 0 aromatic heterocycles. The Morgan fingerprint density at radius 1 is 1.30 bits per heavy atom. The van der Waals surface area contributed by atoms with Gasteiger partial charge in [0.25, 0.3) is 0 Å². The summed E-state index contributed by atoms with van der Waals surface area (Å²) in [6.07, 6.45) is 6.69. The SMILES string of the molecule is COc1cc(CNC2CCC(CO)CC2)ccc1SC. The van der Waals surface area contributed by atoms with Crippen molar-refractivity contribution in [2.24, 2.45) is 5.92 Å². The highest BCUT2D eigenvalue weighted by Crippen LogP contribution is 2.29. The van der Waals surface area contributed by atoms with E-state index in [1.54, 1.807) is 18.9 Å². The van der Waals surface area contributed by atoms with Crippen molar-refractivity contribution in [1.82, 2.24) is 5.32 Å². The molecule has 0 heterocycles. The molecule has 0 atom stereocenters. The fourth-order valence-corrected chi connectivity index (χ4v) is 3.35. The Labute approximate surface area is 126 Å². The van der Waals surface area contributed by atoms with Gasteiger partial charge in [-0.25, -0.2) is 0 Å². The van der Waals surface area contributed by atoms with E-state index in [9.17, 15) is 0 Å². The molecule has 2 rings (SSSR count). The monoisotopic (exact) mass is 295 g/mol. The Kier molecular flexibility index (Phi) is 6.20. The molecular weight excluding hydrogens is 270 g/mol. The van der Waals surface area contributed by atoms with Crippen molar-refractivity contribution in [3.63, 3.8) is 0 Å². The third-order valence-corrected chi connectivity index (χ3v) is 4.92. The lowest BCUT2D eigenvalue weighted by Crippen LogP contribution is -2.33. The first-order valence-corrected chi connectivity index (χ1v) is 8.54. The normalized spacial score (nSPS) is 22.8. The summed E-state index contributed by atoms with van der Waals surface area (Å²) < 4.78 is 5.42. The van der Waals surface area contributed by atoms with Crippen molar-refractivity contribution < 1.29 is 9.84 Å². The summed E-state index contributed by atoms with van der Waals surface area (Å²) in [5, 5.41) is 12.8. The molecule has 1 aliphatic carbocycles. The third-order valence-electron chi connectivity index (χ3n) is 4.15. The van der Waals surface area contributed by atoms with Crippen LogP contribution in [0.2, 0.25) is 0 Å². The van der Waals surface area contributed by atoms with E-state index in [1.807, 2.05) is 0 Å². The largest absolute Gasteiger partial charge is 0.496 e. The van der Waals surface area contributed by atoms with Gasteiger partial charge in [0.1, 0.15) is 5.75 Å². The molecule has 1 aromatic rings. The summed E-state index contributed by atoms with van der Waals surface area (Å²) in [7, 11) is 1.72. The van der Waals surface area contributed by atoms with Crippen molar-refractivity contribution in [3.8, 4) is 5.75 Å². The predicted molar refractivity (Wildman–Crippen MR) is 84.4 cm³/mol. The average Bonchev–Trinajstić information content (AvgIpc) is 2.53. The second kappa shape index (κ2) is 7.91. The molecule has 20 heavy (non-hydrogen) atoms. The van der Waals surface area contributed by atoms with Gasteiger partial charge >= 0.3 is 0 Å². The van der Waals surface area contributed by atoms with Crippen LogP contribution in [0.5, 0.6) is 5.75 Å². The molecule has 0 unspecified atom stereocenters. The Bertz CT molecular complexity index is 417. The standard InChI is InChI=1S/C16H25NO2S/c1-19-15-9-13(5-8-16(15)20-2)10-17-14-6-3-12(11-18)4-7-14/h5,8-9,12,14,17-18H,3-4,6-7,10-11H2,1-2H3. The van der Waals surface area contributed by atoms with E-state index in [4.69, 9.17) is 9.84 Å². The van der Waals surface area contributed by atoms with E-state index >= 15 is 0 Å². The number of nitrogens with one attached hydrogen (secondary N) is 1. The number of hydrogen-bond acceptors (Lipinski definition) is 4. The fourth-order valence-electron chi connectivity index (χ4n) is 2.80. The van der Waals surface area contributed by atoms with E-state index in [2.05, 4.69) is 29.8 Å². The topological polar surface area (TPSA) is 41.5 Å². The van der Waals surface area contributed by atoms with Crippen molar-refractivity contribution in [2.45, 2.75) is 43.2 Å². The van der Waals surface area contributed by atoms with Crippen LogP contribution in [0, 0.1) is 5.92 Å². The first-order chi connectivity index (χ1) is 9.76. The number of thioether (sulfide) groups is 1. The molecule has 1 fully saturated rings. The summed E-state index contributed by atoms with van der Waals surface area (Å²) in [5.74, 6) is 1.48. The number of rotatable bonds is 6. The summed E-state index contributed by atoms with van der Waals surface area (Å²) in [5.41, 5.74) is 1.27. The van der Waals surface area contributed by atoms with E-state index in [-0.39, 0.29) is 0 Å². The molecule has 2 N–H and O–H groups in total. The minimum absolute atomic E-state index is 0.347. The fraction of sp³-hybridized carbons (Fsp3) is 0.625. The molecule has 0 saturated heterocycles. The first kappa shape index (κ1) is 15.7. The van der Waals surface area contributed by atoms with Crippen LogP contribution in [0.4, 0.5) is 0 Å². The van der Waals surface area contributed by atoms with Gasteiger partial charge in [-0.1, -0.05) is 6.07 Å². The summed E-state index contributed by atoms with van der Waals surface area (Å²) in [6, 6.07) is 7.01. The van der Waals surface area contributed by atoms with E-state index in [0.717, 1.165) is 25.1 Å². The molecule has 1 saturated carbocycles.